The lowest BCUT2D eigenvalue weighted by Gasteiger charge is -2.27. The molecule has 92 valence electrons. The summed E-state index contributed by atoms with van der Waals surface area (Å²) in [6.07, 6.45) is 2.42. The summed E-state index contributed by atoms with van der Waals surface area (Å²) in [6.45, 7) is 5.25. The molecule has 1 aromatic carbocycles. The van der Waals surface area contributed by atoms with Crippen LogP contribution in [0.2, 0.25) is 0 Å². The fraction of sp³-hybridized carbons (Fsp3) is 0.571. The first kappa shape index (κ1) is 11.1. The second-order valence-corrected chi connectivity index (χ2v) is 4.91. The van der Waals surface area contributed by atoms with Gasteiger partial charge in [-0.25, -0.2) is 0 Å². The van der Waals surface area contributed by atoms with Crippen molar-refractivity contribution in [2.75, 3.05) is 37.7 Å². The summed E-state index contributed by atoms with van der Waals surface area (Å²) in [5, 5.41) is 3.52. The van der Waals surface area contributed by atoms with Gasteiger partial charge in [0, 0.05) is 18.8 Å². The first-order chi connectivity index (χ1) is 8.43. The molecule has 0 aromatic heterocycles. The van der Waals surface area contributed by atoms with Crippen molar-refractivity contribution in [1.29, 1.82) is 0 Å². The number of ether oxygens (including phenoxy) is 1. The highest BCUT2D eigenvalue weighted by Crippen LogP contribution is 2.27. The fourth-order valence-electron chi connectivity index (χ4n) is 2.57. The van der Waals surface area contributed by atoms with Crippen LogP contribution >= 0.6 is 0 Å². The summed E-state index contributed by atoms with van der Waals surface area (Å²) in [5.74, 6) is 0. The molecule has 1 N–H and O–H groups in total. The van der Waals surface area contributed by atoms with Gasteiger partial charge in [0.1, 0.15) is 0 Å². The van der Waals surface area contributed by atoms with Crippen LogP contribution in [0.15, 0.2) is 24.3 Å². The predicted octanol–water partition coefficient (Wildman–Crippen LogP) is 1.43. The Morgan fingerprint density at radius 3 is 3.00 bits per heavy atom. The Kier molecular flexibility index (Phi) is 3.29. The minimum atomic E-state index is 0.612. The largest absolute Gasteiger partial charge is 0.378 e. The smallest absolute Gasteiger partial charge is 0.0643 e. The van der Waals surface area contributed by atoms with E-state index >= 15 is 0 Å². The Bertz CT molecular complexity index is 376. The normalized spacial score (nSPS) is 19.2. The van der Waals surface area contributed by atoms with Crippen molar-refractivity contribution < 1.29 is 4.74 Å². The van der Waals surface area contributed by atoms with E-state index in [2.05, 4.69) is 34.5 Å². The third kappa shape index (κ3) is 2.45. The molecule has 1 saturated heterocycles. The van der Waals surface area contributed by atoms with Crippen LogP contribution in [-0.2, 0) is 11.2 Å². The van der Waals surface area contributed by atoms with Gasteiger partial charge in [-0.15, -0.1) is 0 Å². The quantitative estimate of drug-likeness (QED) is 0.777. The molecule has 17 heavy (non-hydrogen) atoms. The number of nitrogens with one attached hydrogen (secondary N) is 1. The van der Waals surface area contributed by atoms with Crippen LogP contribution < -0.4 is 10.2 Å². The number of hydrogen-bond acceptors (Lipinski definition) is 3. The molecule has 3 rings (SSSR count). The number of anilines is 1. The molecule has 0 bridgehead atoms. The van der Waals surface area contributed by atoms with Crippen LogP contribution in [0.3, 0.4) is 0 Å². The third-order valence-electron chi connectivity index (χ3n) is 3.66. The molecule has 3 nitrogen and oxygen atoms in total. The van der Waals surface area contributed by atoms with E-state index < -0.39 is 0 Å². The van der Waals surface area contributed by atoms with Crippen LogP contribution in [0.5, 0.6) is 0 Å². The highest BCUT2D eigenvalue weighted by atomic mass is 16.5. The zero-order chi connectivity index (χ0) is 11.5. The molecule has 0 saturated carbocycles. The Balaban J connectivity index is 1.43. The Morgan fingerprint density at radius 1 is 1.29 bits per heavy atom. The summed E-state index contributed by atoms with van der Waals surface area (Å²) >= 11 is 0. The van der Waals surface area contributed by atoms with Gasteiger partial charge >= 0.3 is 0 Å². The van der Waals surface area contributed by atoms with Crippen LogP contribution in [0.1, 0.15) is 12.0 Å². The van der Waals surface area contributed by atoms with Crippen molar-refractivity contribution in [2.24, 2.45) is 0 Å². The van der Waals surface area contributed by atoms with Gasteiger partial charge in [-0.2, -0.15) is 0 Å². The van der Waals surface area contributed by atoms with Crippen molar-refractivity contribution in [2.45, 2.75) is 18.9 Å². The van der Waals surface area contributed by atoms with Gasteiger partial charge < -0.3 is 15.0 Å². The van der Waals surface area contributed by atoms with Crippen LogP contribution in [0, 0.1) is 0 Å². The number of benzene rings is 1. The lowest BCUT2D eigenvalue weighted by Crippen LogP contribution is -2.46. The molecule has 0 amide bonds. The highest BCUT2D eigenvalue weighted by molar-refractivity contribution is 5.57. The van der Waals surface area contributed by atoms with Crippen molar-refractivity contribution in [1.82, 2.24) is 5.32 Å². The number of hydrogen-bond donors (Lipinski definition) is 1. The van der Waals surface area contributed by atoms with Gasteiger partial charge in [0.05, 0.1) is 19.3 Å². The first-order valence-corrected chi connectivity index (χ1v) is 6.57. The van der Waals surface area contributed by atoms with Crippen LogP contribution in [0.25, 0.3) is 0 Å². The van der Waals surface area contributed by atoms with Crippen molar-refractivity contribution in [3.8, 4) is 0 Å². The highest BCUT2D eigenvalue weighted by Gasteiger charge is 2.19. The minimum absolute atomic E-state index is 0.612. The molecule has 0 radical (unpaired) electrons. The lowest BCUT2D eigenvalue weighted by atomic mass is 10.2. The summed E-state index contributed by atoms with van der Waals surface area (Å²) < 4.78 is 5.14. The van der Waals surface area contributed by atoms with E-state index in [0.717, 1.165) is 26.3 Å². The standard InChI is InChI=1S/C14H20N2O/c1-2-5-14-12(4-1)6-9-16(14)8-3-7-15-13-10-17-11-13/h1-2,4-5,13,15H,3,6-11H2. The maximum atomic E-state index is 5.14. The number of rotatable bonds is 5. The van der Waals surface area contributed by atoms with E-state index in [1.807, 2.05) is 0 Å². The van der Waals surface area contributed by atoms with Crippen LogP contribution in [0.4, 0.5) is 5.69 Å². The summed E-state index contributed by atoms with van der Waals surface area (Å²) in [5.41, 5.74) is 2.95. The molecule has 0 spiro atoms. The first-order valence-electron chi connectivity index (χ1n) is 6.57. The van der Waals surface area contributed by atoms with Gasteiger partial charge in [0.15, 0.2) is 0 Å². The Labute approximate surface area is 103 Å². The number of fused-ring (bicyclic) bond motifs is 1. The molecular formula is C14H20N2O. The van der Waals surface area contributed by atoms with Crippen molar-refractivity contribution in [3.05, 3.63) is 29.8 Å². The molecular weight excluding hydrogens is 212 g/mol. The van der Waals surface area contributed by atoms with Gasteiger partial charge in [-0.1, -0.05) is 18.2 Å². The zero-order valence-electron chi connectivity index (χ0n) is 10.2. The van der Waals surface area contributed by atoms with Crippen molar-refractivity contribution in [3.63, 3.8) is 0 Å². The molecule has 2 aliphatic rings. The molecule has 2 heterocycles. The molecule has 0 unspecified atom stereocenters. The van der Waals surface area contributed by atoms with Crippen molar-refractivity contribution >= 4 is 5.69 Å². The second kappa shape index (κ2) is 5.07. The fourth-order valence-corrected chi connectivity index (χ4v) is 2.57. The van der Waals surface area contributed by atoms with E-state index in [4.69, 9.17) is 4.74 Å². The molecule has 3 heteroatoms. The van der Waals surface area contributed by atoms with E-state index in [1.54, 1.807) is 0 Å². The van der Waals surface area contributed by atoms with Gasteiger partial charge in [-0.05, 0) is 31.0 Å². The summed E-state index contributed by atoms with van der Waals surface area (Å²) in [4.78, 5) is 2.51. The average molecular weight is 232 g/mol. The van der Waals surface area contributed by atoms with Gasteiger partial charge in [0.2, 0.25) is 0 Å². The van der Waals surface area contributed by atoms with Crippen LogP contribution in [-0.4, -0.2) is 38.9 Å². The number of nitrogens with zero attached hydrogens (tertiary/aromatic N) is 1. The lowest BCUT2D eigenvalue weighted by molar-refractivity contribution is -0.00485. The average Bonchev–Trinajstić information content (AvgIpc) is 2.70. The predicted molar refractivity (Wildman–Crippen MR) is 69.6 cm³/mol. The maximum absolute atomic E-state index is 5.14. The van der Waals surface area contributed by atoms with Gasteiger partial charge in [-0.3, -0.25) is 0 Å². The summed E-state index contributed by atoms with van der Waals surface area (Å²) in [6, 6.07) is 9.39. The molecule has 2 aliphatic heterocycles. The molecule has 1 aromatic rings. The molecule has 1 fully saturated rings. The van der Waals surface area contributed by atoms with Gasteiger partial charge in [0.25, 0.3) is 0 Å². The zero-order valence-corrected chi connectivity index (χ0v) is 10.2. The summed E-state index contributed by atoms with van der Waals surface area (Å²) in [7, 11) is 0. The third-order valence-corrected chi connectivity index (χ3v) is 3.66. The van der Waals surface area contributed by atoms with E-state index in [9.17, 15) is 0 Å². The monoisotopic (exact) mass is 232 g/mol. The molecule has 0 aliphatic carbocycles. The minimum Gasteiger partial charge on any atom is -0.378 e. The Hall–Kier alpha value is -1.06. The second-order valence-electron chi connectivity index (χ2n) is 4.91. The van der Waals surface area contributed by atoms with E-state index in [0.29, 0.717) is 6.04 Å². The molecule has 0 atom stereocenters. The SMILES string of the molecule is c1ccc2c(c1)CCN2CCCNC1COC1. The number of para-hydroxylation sites is 1. The van der Waals surface area contributed by atoms with E-state index in [1.165, 1.54) is 30.6 Å². The Morgan fingerprint density at radius 2 is 2.18 bits per heavy atom. The maximum Gasteiger partial charge on any atom is 0.0643 e. The van der Waals surface area contributed by atoms with E-state index in [-0.39, 0.29) is 0 Å². The topological polar surface area (TPSA) is 24.5 Å².